The number of rotatable bonds is 2. The fraction of sp³-hybridized carbons (Fsp3) is 0.500. The van der Waals surface area contributed by atoms with E-state index in [4.69, 9.17) is 4.84 Å². The summed E-state index contributed by atoms with van der Waals surface area (Å²) < 4.78 is 1.81. The van der Waals surface area contributed by atoms with Gasteiger partial charge in [-0.2, -0.15) is 5.17 Å². The molecule has 1 heterocycles. The van der Waals surface area contributed by atoms with Crippen LogP contribution in [0.4, 0.5) is 0 Å². The van der Waals surface area contributed by atoms with Gasteiger partial charge < -0.3 is 0 Å². The molecule has 1 aromatic rings. The molecule has 0 amide bonds. The second-order valence-electron chi connectivity index (χ2n) is 1.97. The molecule has 0 bridgehead atoms. The smallest absolute Gasteiger partial charge is 0.126 e. The Morgan fingerprint density at radius 2 is 2.40 bits per heavy atom. The highest BCUT2D eigenvalue weighted by molar-refractivity contribution is 4.91. The maximum Gasteiger partial charge on any atom is 0.126 e. The van der Waals surface area contributed by atoms with Crippen LogP contribution >= 0.6 is 0 Å². The van der Waals surface area contributed by atoms with Crippen LogP contribution in [-0.4, -0.2) is 23.8 Å². The molecule has 4 heteroatoms. The summed E-state index contributed by atoms with van der Waals surface area (Å²) in [6.45, 7) is 1.91. The molecule has 0 saturated carbocycles. The van der Waals surface area contributed by atoms with Crippen molar-refractivity contribution in [2.24, 2.45) is 0 Å². The maximum absolute atomic E-state index is 4.93. The molecule has 0 unspecified atom stereocenters. The van der Waals surface area contributed by atoms with E-state index in [1.54, 1.807) is 23.2 Å². The van der Waals surface area contributed by atoms with Gasteiger partial charge in [-0.25, -0.2) is 9.66 Å². The average Bonchev–Trinajstić information content (AvgIpc) is 2.34. The summed E-state index contributed by atoms with van der Waals surface area (Å²) in [5.41, 5.74) is 0. The van der Waals surface area contributed by atoms with E-state index >= 15 is 0 Å². The molecule has 1 rings (SSSR count). The molecule has 0 saturated heterocycles. The lowest BCUT2D eigenvalue weighted by molar-refractivity contribution is 0.119. The van der Waals surface area contributed by atoms with Crippen molar-refractivity contribution in [3.05, 3.63) is 18.2 Å². The Balaban J connectivity index is 2.82. The summed E-state index contributed by atoms with van der Waals surface area (Å²) in [7, 11) is 3.42. The number of aromatic nitrogens is 2. The Kier molecular flexibility index (Phi) is 1.91. The van der Waals surface area contributed by atoms with Gasteiger partial charge in [0, 0.05) is 12.4 Å². The van der Waals surface area contributed by atoms with Gasteiger partial charge in [0.2, 0.25) is 0 Å². The van der Waals surface area contributed by atoms with Crippen molar-refractivity contribution in [1.82, 2.24) is 9.66 Å². The molecule has 1 aromatic heterocycles. The molecule has 0 aromatic carbocycles. The topological polar surface area (TPSA) is 30.3 Å². The van der Waals surface area contributed by atoms with Crippen molar-refractivity contribution >= 4 is 0 Å². The van der Waals surface area contributed by atoms with Crippen LogP contribution in [0.15, 0.2) is 12.4 Å². The average molecular weight is 141 g/mol. The molecule has 0 spiro atoms. The number of imidazole rings is 1. The van der Waals surface area contributed by atoms with E-state index < -0.39 is 0 Å². The van der Waals surface area contributed by atoms with E-state index in [1.165, 1.54) is 0 Å². The Labute approximate surface area is 60.0 Å². The predicted octanol–water partition coefficient (Wildman–Crippen LogP) is 0.321. The SMILES string of the molecule is CON(C)n1ccnc1C. The van der Waals surface area contributed by atoms with E-state index in [0.717, 1.165) is 5.82 Å². The Bertz CT molecular complexity index is 209. The molecule has 4 nitrogen and oxygen atoms in total. The summed E-state index contributed by atoms with van der Waals surface area (Å²) >= 11 is 0. The van der Waals surface area contributed by atoms with Crippen LogP contribution in [0, 0.1) is 6.92 Å². The monoisotopic (exact) mass is 141 g/mol. The number of aryl methyl sites for hydroxylation is 1. The first-order chi connectivity index (χ1) is 4.75. The summed E-state index contributed by atoms with van der Waals surface area (Å²) in [6.07, 6.45) is 3.56. The minimum atomic E-state index is 0.907. The Hall–Kier alpha value is -1.03. The van der Waals surface area contributed by atoms with Gasteiger partial charge >= 0.3 is 0 Å². The number of hydrogen-bond acceptors (Lipinski definition) is 3. The standard InChI is InChI=1S/C6H11N3O/c1-6-7-4-5-9(6)8(2)10-3/h4-5H,1-3H3. The zero-order chi connectivity index (χ0) is 7.56. The predicted molar refractivity (Wildman–Crippen MR) is 38.1 cm³/mol. The summed E-state index contributed by atoms with van der Waals surface area (Å²) in [6, 6.07) is 0. The highest BCUT2D eigenvalue weighted by Crippen LogP contribution is 1.94. The lowest BCUT2D eigenvalue weighted by Crippen LogP contribution is -2.28. The van der Waals surface area contributed by atoms with Crippen LogP contribution in [0.5, 0.6) is 0 Å². The van der Waals surface area contributed by atoms with E-state index in [9.17, 15) is 0 Å². The third kappa shape index (κ3) is 1.11. The molecule has 0 aliphatic heterocycles. The van der Waals surface area contributed by atoms with E-state index in [1.807, 2.05) is 20.2 Å². The van der Waals surface area contributed by atoms with Crippen LogP contribution in [0.2, 0.25) is 0 Å². The molecule has 0 aliphatic rings. The quantitative estimate of drug-likeness (QED) is 0.556. The highest BCUT2D eigenvalue weighted by Gasteiger charge is 1.98. The molecule has 0 aliphatic carbocycles. The first-order valence-corrected chi connectivity index (χ1v) is 3.03. The molecule has 0 atom stereocenters. The molecular weight excluding hydrogens is 130 g/mol. The first kappa shape index (κ1) is 7.08. The summed E-state index contributed by atoms with van der Waals surface area (Å²) in [5, 5.41) is 1.60. The lowest BCUT2D eigenvalue weighted by atomic mass is 10.7. The van der Waals surface area contributed by atoms with Crippen molar-refractivity contribution in [2.45, 2.75) is 6.92 Å². The third-order valence-corrected chi connectivity index (χ3v) is 1.37. The van der Waals surface area contributed by atoms with Gasteiger partial charge in [-0.3, -0.25) is 4.84 Å². The van der Waals surface area contributed by atoms with Gasteiger partial charge in [0.25, 0.3) is 0 Å². The van der Waals surface area contributed by atoms with Crippen molar-refractivity contribution < 1.29 is 4.84 Å². The minimum absolute atomic E-state index is 0.907. The first-order valence-electron chi connectivity index (χ1n) is 3.03. The third-order valence-electron chi connectivity index (χ3n) is 1.37. The van der Waals surface area contributed by atoms with Crippen molar-refractivity contribution in [1.29, 1.82) is 0 Å². The summed E-state index contributed by atoms with van der Waals surface area (Å²) in [4.78, 5) is 8.96. The van der Waals surface area contributed by atoms with Gasteiger partial charge in [0.05, 0.1) is 14.2 Å². The normalized spacial score (nSPS) is 9.90. The van der Waals surface area contributed by atoms with Crippen LogP contribution in [0.1, 0.15) is 5.82 Å². The van der Waals surface area contributed by atoms with Gasteiger partial charge in [-0.15, -0.1) is 0 Å². The van der Waals surface area contributed by atoms with E-state index in [-0.39, 0.29) is 0 Å². The molecule has 0 radical (unpaired) electrons. The van der Waals surface area contributed by atoms with Gasteiger partial charge in [0.1, 0.15) is 5.82 Å². The highest BCUT2D eigenvalue weighted by atomic mass is 16.7. The van der Waals surface area contributed by atoms with E-state index in [0.29, 0.717) is 0 Å². The fourth-order valence-corrected chi connectivity index (χ4v) is 0.757. The maximum atomic E-state index is 4.93. The number of hydroxylamine groups is 1. The largest absolute Gasteiger partial charge is 0.261 e. The van der Waals surface area contributed by atoms with Crippen molar-refractivity contribution in [3.63, 3.8) is 0 Å². The van der Waals surface area contributed by atoms with Gasteiger partial charge in [-0.1, -0.05) is 0 Å². The summed E-state index contributed by atoms with van der Waals surface area (Å²) in [5.74, 6) is 0.907. The van der Waals surface area contributed by atoms with Crippen molar-refractivity contribution in [2.75, 3.05) is 19.3 Å². The zero-order valence-corrected chi connectivity index (χ0v) is 6.40. The lowest BCUT2D eigenvalue weighted by Gasteiger charge is -2.17. The Morgan fingerprint density at radius 3 is 2.80 bits per heavy atom. The Morgan fingerprint density at radius 1 is 1.70 bits per heavy atom. The second kappa shape index (κ2) is 2.70. The second-order valence-corrected chi connectivity index (χ2v) is 1.97. The molecule has 0 N–H and O–H groups in total. The zero-order valence-electron chi connectivity index (χ0n) is 6.40. The number of hydrogen-bond donors (Lipinski definition) is 0. The minimum Gasteiger partial charge on any atom is -0.261 e. The van der Waals surface area contributed by atoms with Crippen LogP contribution in [-0.2, 0) is 4.84 Å². The molecular formula is C6H11N3O. The van der Waals surface area contributed by atoms with Crippen molar-refractivity contribution in [3.8, 4) is 0 Å². The fourth-order valence-electron chi connectivity index (χ4n) is 0.757. The molecule has 56 valence electrons. The van der Waals surface area contributed by atoms with Gasteiger partial charge in [-0.05, 0) is 6.92 Å². The van der Waals surface area contributed by atoms with E-state index in [2.05, 4.69) is 4.98 Å². The van der Waals surface area contributed by atoms with Crippen LogP contribution in [0.25, 0.3) is 0 Å². The molecule has 10 heavy (non-hydrogen) atoms. The molecule has 0 fully saturated rings. The number of nitrogens with zero attached hydrogens (tertiary/aromatic N) is 3. The van der Waals surface area contributed by atoms with Crippen LogP contribution in [0.3, 0.4) is 0 Å². The van der Waals surface area contributed by atoms with Crippen LogP contribution < -0.4 is 5.17 Å². The van der Waals surface area contributed by atoms with Gasteiger partial charge in [0.15, 0.2) is 0 Å².